The molecule has 0 saturated heterocycles. The Morgan fingerprint density at radius 2 is 1.36 bits per heavy atom. The summed E-state index contributed by atoms with van der Waals surface area (Å²) in [6.45, 7) is 0. The maximum absolute atomic E-state index is 13.7. The molecule has 0 spiro atoms. The lowest BCUT2D eigenvalue weighted by atomic mass is 10.1. The van der Waals surface area contributed by atoms with Crippen LogP contribution in [0.1, 0.15) is 22.5 Å². The summed E-state index contributed by atoms with van der Waals surface area (Å²) in [5.74, 6) is -0.102. The molecule has 33 heavy (non-hydrogen) atoms. The molecule has 0 N–H and O–H groups in total. The molecule has 0 fully saturated rings. The van der Waals surface area contributed by atoms with Gasteiger partial charge in [0.1, 0.15) is 5.82 Å². The molecule has 0 aliphatic carbocycles. The van der Waals surface area contributed by atoms with Gasteiger partial charge in [-0.2, -0.15) is 26.3 Å². The van der Waals surface area contributed by atoms with Gasteiger partial charge in [0.2, 0.25) is 0 Å². The second-order valence-electron chi connectivity index (χ2n) is 7.10. The molecule has 0 bridgehead atoms. The Bertz CT molecular complexity index is 1400. The normalized spacial score (nSPS) is 12.5. The summed E-state index contributed by atoms with van der Waals surface area (Å²) < 4.78 is 80.1. The largest absolute Gasteiger partial charge is 0.418 e. The first kappa shape index (κ1) is 22.3. The number of aromatic nitrogens is 2. The Hall–Kier alpha value is -3.88. The molecule has 0 saturated carbocycles. The summed E-state index contributed by atoms with van der Waals surface area (Å²) in [5.41, 5.74) is -2.34. The topological polar surface area (TPSA) is 34.9 Å². The van der Waals surface area contributed by atoms with E-state index >= 15 is 0 Å². The summed E-state index contributed by atoms with van der Waals surface area (Å²) in [7, 11) is 0. The van der Waals surface area contributed by atoms with E-state index < -0.39 is 34.7 Å². The average Bonchev–Trinajstić information content (AvgIpc) is 2.77. The molecule has 4 aromatic rings. The fraction of sp³-hybridized carbons (Fsp3) is 0.0833. The Morgan fingerprint density at radius 1 is 0.727 bits per heavy atom. The van der Waals surface area contributed by atoms with Crippen LogP contribution in [0.2, 0.25) is 0 Å². The van der Waals surface area contributed by atoms with Crippen molar-refractivity contribution in [2.24, 2.45) is 0 Å². The highest BCUT2D eigenvalue weighted by atomic mass is 19.4. The van der Waals surface area contributed by atoms with E-state index in [4.69, 9.17) is 0 Å². The minimum absolute atomic E-state index is 0.102. The summed E-state index contributed by atoms with van der Waals surface area (Å²) >= 11 is 0. The summed E-state index contributed by atoms with van der Waals surface area (Å²) in [6, 6.07) is 15.0. The number of hydrogen-bond acceptors (Lipinski definition) is 2. The molecule has 0 aliphatic rings. The number of benzene rings is 3. The Labute approximate surface area is 183 Å². The third-order valence-corrected chi connectivity index (χ3v) is 4.91. The van der Waals surface area contributed by atoms with Gasteiger partial charge in [0, 0.05) is 0 Å². The van der Waals surface area contributed by atoms with Gasteiger partial charge in [-0.05, 0) is 48.0 Å². The van der Waals surface area contributed by atoms with Crippen LogP contribution < -0.4 is 5.56 Å². The van der Waals surface area contributed by atoms with Crippen molar-refractivity contribution in [3.05, 3.63) is 106 Å². The maximum atomic E-state index is 13.7. The van der Waals surface area contributed by atoms with Gasteiger partial charge >= 0.3 is 12.4 Å². The molecule has 3 nitrogen and oxygen atoms in total. The minimum Gasteiger partial charge on any atom is -0.268 e. The van der Waals surface area contributed by atoms with E-state index in [1.165, 1.54) is 42.5 Å². The second kappa shape index (κ2) is 8.23. The summed E-state index contributed by atoms with van der Waals surface area (Å²) in [4.78, 5) is 17.5. The second-order valence-corrected chi connectivity index (χ2v) is 7.10. The molecule has 9 heteroatoms. The van der Waals surface area contributed by atoms with E-state index in [-0.39, 0.29) is 16.7 Å². The van der Waals surface area contributed by atoms with Gasteiger partial charge in [0.15, 0.2) is 0 Å². The first-order valence-electron chi connectivity index (χ1n) is 9.59. The van der Waals surface area contributed by atoms with Gasteiger partial charge in [-0.1, -0.05) is 42.5 Å². The maximum Gasteiger partial charge on any atom is 0.418 e. The van der Waals surface area contributed by atoms with Crippen LogP contribution in [0.3, 0.4) is 0 Å². The van der Waals surface area contributed by atoms with Crippen LogP contribution in [0.5, 0.6) is 0 Å². The smallest absolute Gasteiger partial charge is 0.268 e. The highest BCUT2D eigenvalue weighted by Crippen LogP contribution is 2.34. The van der Waals surface area contributed by atoms with E-state index in [9.17, 15) is 31.1 Å². The van der Waals surface area contributed by atoms with Crippen molar-refractivity contribution in [3.63, 3.8) is 0 Å². The van der Waals surface area contributed by atoms with Gasteiger partial charge < -0.3 is 0 Å². The van der Waals surface area contributed by atoms with Crippen molar-refractivity contribution in [2.75, 3.05) is 0 Å². The molecule has 3 aromatic carbocycles. The zero-order chi connectivity index (χ0) is 23.8. The van der Waals surface area contributed by atoms with Gasteiger partial charge in [0.05, 0.1) is 27.7 Å². The molecule has 168 valence electrons. The lowest BCUT2D eigenvalue weighted by molar-refractivity contribution is -0.138. The monoisotopic (exact) mass is 460 g/mol. The molecule has 0 amide bonds. The fourth-order valence-corrected chi connectivity index (χ4v) is 3.36. The Morgan fingerprint density at radius 3 is 2.03 bits per heavy atom. The fourth-order valence-electron chi connectivity index (χ4n) is 3.36. The molecule has 0 atom stereocenters. The summed E-state index contributed by atoms with van der Waals surface area (Å²) in [6.07, 6.45) is -6.55. The molecule has 1 heterocycles. The van der Waals surface area contributed by atoms with Crippen molar-refractivity contribution in [2.45, 2.75) is 12.4 Å². The van der Waals surface area contributed by atoms with E-state index in [0.717, 1.165) is 28.8 Å². The number of fused-ring (bicyclic) bond motifs is 1. The van der Waals surface area contributed by atoms with Crippen LogP contribution in [-0.2, 0) is 12.4 Å². The van der Waals surface area contributed by atoms with Crippen molar-refractivity contribution < 1.29 is 26.3 Å². The first-order chi connectivity index (χ1) is 15.6. The zero-order valence-corrected chi connectivity index (χ0v) is 16.7. The van der Waals surface area contributed by atoms with E-state index in [0.29, 0.717) is 5.56 Å². The average molecular weight is 460 g/mol. The molecule has 4 rings (SSSR count). The van der Waals surface area contributed by atoms with Crippen molar-refractivity contribution in [3.8, 4) is 5.69 Å². The molecule has 0 radical (unpaired) electrons. The lowest BCUT2D eigenvalue weighted by Gasteiger charge is -2.17. The number of nitrogens with zero attached hydrogens (tertiary/aromatic N) is 2. The third kappa shape index (κ3) is 4.52. The number of hydrogen-bond donors (Lipinski definition) is 0. The summed E-state index contributed by atoms with van der Waals surface area (Å²) in [5, 5.41) is 0.126. The predicted octanol–water partition coefficient (Wildman–Crippen LogP) is 6.59. The predicted molar refractivity (Wildman–Crippen MR) is 113 cm³/mol. The van der Waals surface area contributed by atoms with Crippen LogP contribution in [0, 0.1) is 0 Å². The van der Waals surface area contributed by atoms with Crippen LogP contribution in [0.4, 0.5) is 26.3 Å². The van der Waals surface area contributed by atoms with Crippen molar-refractivity contribution in [1.29, 1.82) is 0 Å². The van der Waals surface area contributed by atoms with Gasteiger partial charge in [-0.15, -0.1) is 0 Å². The first-order valence-corrected chi connectivity index (χ1v) is 9.59. The molecular formula is C24H14F6N2O. The molecule has 0 aliphatic heterocycles. The minimum atomic E-state index is -4.73. The standard InChI is InChI=1S/C24H14F6N2O/c25-23(26,27)16-12-9-15(10-13-16)11-14-21-31-19-7-3-1-5-17(19)22(33)32(21)20-8-4-2-6-18(20)24(28,29)30/h1-14H/b14-11+. The highest BCUT2D eigenvalue weighted by Gasteiger charge is 2.34. The number of rotatable bonds is 3. The van der Waals surface area contributed by atoms with Crippen molar-refractivity contribution in [1.82, 2.24) is 9.55 Å². The SMILES string of the molecule is O=c1c2ccccc2nc(/C=C/c2ccc(C(F)(F)F)cc2)n1-c1ccccc1C(F)(F)F. The van der Waals surface area contributed by atoms with E-state index in [1.54, 1.807) is 18.2 Å². The van der Waals surface area contributed by atoms with E-state index in [2.05, 4.69) is 4.98 Å². The highest BCUT2D eigenvalue weighted by molar-refractivity contribution is 5.80. The van der Waals surface area contributed by atoms with Crippen molar-refractivity contribution >= 4 is 23.1 Å². The lowest BCUT2D eigenvalue weighted by Crippen LogP contribution is -2.25. The molecule has 0 unspecified atom stereocenters. The van der Waals surface area contributed by atoms with E-state index in [1.807, 2.05) is 0 Å². The van der Waals surface area contributed by atoms with Gasteiger partial charge in [-0.25, -0.2) is 4.98 Å². The quantitative estimate of drug-likeness (QED) is 0.323. The van der Waals surface area contributed by atoms with Crippen LogP contribution >= 0.6 is 0 Å². The zero-order valence-electron chi connectivity index (χ0n) is 16.7. The number of alkyl halides is 6. The van der Waals surface area contributed by atoms with Gasteiger partial charge in [-0.3, -0.25) is 9.36 Å². The Kier molecular flexibility index (Phi) is 5.57. The van der Waals surface area contributed by atoms with Gasteiger partial charge in [0.25, 0.3) is 5.56 Å². The number of para-hydroxylation sites is 2. The molecular weight excluding hydrogens is 446 g/mol. The van der Waals surface area contributed by atoms with Crippen LogP contribution in [0.25, 0.3) is 28.7 Å². The van der Waals surface area contributed by atoms with Crippen LogP contribution in [0.15, 0.2) is 77.6 Å². The third-order valence-electron chi connectivity index (χ3n) is 4.91. The Balaban J connectivity index is 1.91. The molecule has 1 aromatic heterocycles. The number of halogens is 6. The van der Waals surface area contributed by atoms with Crippen LogP contribution in [-0.4, -0.2) is 9.55 Å².